The monoisotopic (exact) mass is 296 g/mol. The molecular weight excluding hydrogens is 284 g/mol. The third kappa shape index (κ3) is 3.16. The van der Waals surface area contributed by atoms with Crippen LogP contribution in [0.5, 0.6) is 0 Å². The Hall–Kier alpha value is -1.16. The van der Waals surface area contributed by atoms with E-state index in [0.717, 1.165) is 23.7 Å². The fraction of sp³-hybridized carbons (Fsp3) is 0.385. The van der Waals surface area contributed by atoms with Crippen molar-refractivity contribution in [2.45, 2.75) is 19.3 Å². The van der Waals surface area contributed by atoms with E-state index < -0.39 is 0 Å². The minimum absolute atomic E-state index is 0.0188. The zero-order valence-corrected chi connectivity index (χ0v) is 10.9. The smallest absolute Gasteiger partial charge is 0.309 e. The number of esters is 1. The zero-order chi connectivity index (χ0) is 12.3. The van der Waals surface area contributed by atoms with Crippen LogP contribution in [0.25, 0.3) is 0 Å². The van der Waals surface area contributed by atoms with Crippen molar-refractivity contribution in [2.24, 2.45) is 5.92 Å². The maximum Gasteiger partial charge on any atom is 0.309 e. The number of carbonyl (C=O) groups is 2. The highest BCUT2D eigenvalue weighted by atomic mass is 79.9. The van der Waals surface area contributed by atoms with Crippen LogP contribution in [0.1, 0.15) is 29.6 Å². The highest BCUT2D eigenvalue weighted by Gasteiger charge is 2.27. The largest absolute Gasteiger partial charge is 0.457 e. The van der Waals surface area contributed by atoms with Crippen molar-refractivity contribution in [3.05, 3.63) is 34.3 Å². The summed E-state index contributed by atoms with van der Waals surface area (Å²) >= 11 is 3.29. The van der Waals surface area contributed by atoms with Gasteiger partial charge in [-0.15, -0.1) is 0 Å². The average Bonchev–Trinajstić information content (AvgIpc) is 2.23. The maximum absolute atomic E-state index is 11.7. The normalized spacial score (nSPS) is 15.1. The van der Waals surface area contributed by atoms with Crippen molar-refractivity contribution in [1.29, 1.82) is 0 Å². The molecule has 0 unspecified atom stereocenters. The summed E-state index contributed by atoms with van der Waals surface area (Å²) in [7, 11) is 0. The van der Waals surface area contributed by atoms with E-state index >= 15 is 0 Å². The molecule has 3 nitrogen and oxygen atoms in total. The molecule has 4 heteroatoms. The Morgan fingerprint density at radius 2 is 2.12 bits per heavy atom. The molecule has 0 saturated heterocycles. The molecule has 0 radical (unpaired) electrons. The maximum atomic E-state index is 11.7. The first-order valence-corrected chi connectivity index (χ1v) is 6.41. The minimum Gasteiger partial charge on any atom is -0.457 e. The molecule has 1 fully saturated rings. The van der Waals surface area contributed by atoms with E-state index in [-0.39, 0.29) is 24.3 Å². The van der Waals surface area contributed by atoms with Crippen LogP contribution in [0.2, 0.25) is 0 Å². The Morgan fingerprint density at radius 1 is 1.35 bits per heavy atom. The average molecular weight is 297 g/mol. The first-order valence-electron chi connectivity index (χ1n) is 5.62. The van der Waals surface area contributed by atoms with Crippen LogP contribution in [-0.4, -0.2) is 18.4 Å². The molecule has 90 valence electrons. The molecule has 0 aliphatic heterocycles. The summed E-state index contributed by atoms with van der Waals surface area (Å²) in [5, 5.41) is 0. The van der Waals surface area contributed by atoms with Gasteiger partial charge in [0, 0.05) is 10.0 Å². The highest BCUT2D eigenvalue weighted by Crippen LogP contribution is 2.27. The lowest BCUT2D eigenvalue weighted by Crippen LogP contribution is -2.26. The van der Waals surface area contributed by atoms with E-state index in [1.165, 1.54) is 0 Å². The predicted octanol–water partition coefficient (Wildman–Crippen LogP) is 2.98. The number of hydrogen-bond donors (Lipinski definition) is 0. The molecule has 0 N–H and O–H groups in total. The van der Waals surface area contributed by atoms with Crippen LogP contribution in [0.3, 0.4) is 0 Å². The number of ether oxygens (including phenoxy) is 1. The molecule has 1 aromatic rings. The Kier molecular flexibility index (Phi) is 3.94. The summed E-state index contributed by atoms with van der Waals surface area (Å²) in [4.78, 5) is 23.2. The Balaban J connectivity index is 1.86. The Labute approximate surface area is 108 Å². The van der Waals surface area contributed by atoms with Gasteiger partial charge in [0.05, 0.1) is 5.92 Å². The first kappa shape index (κ1) is 12.3. The molecule has 0 atom stereocenters. The van der Waals surface area contributed by atoms with E-state index in [2.05, 4.69) is 15.9 Å². The molecule has 0 bridgehead atoms. The first-order chi connectivity index (χ1) is 8.16. The van der Waals surface area contributed by atoms with Gasteiger partial charge in [-0.1, -0.05) is 34.5 Å². The summed E-state index contributed by atoms with van der Waals surface area (Å²) in [5.74, 6) is -0.385. The van der Waals surface area contributed by atoms with Crippen LogP contribution >= 0.6 is 15.9 Å². The second-order valence-electron chi connectivity index (χ2n) is 4.17. The number of ketones is 1. The van der Waals surface area contributed by atoms with E-state index in [9.17, 15) is 9.59 Å². The summed E-state index contributed by atoms with van der Waals surface area (Å²) in [6.07, 6.45) is 2.87. The SMILES string of the molecule is O=C(COC(=O)C1CCC1)c1cccc(Br)c1. The van der Waals surface area contributed by atoms with E-state index in [1.54, 1.807) is 18.2 Å². The van der Waals surface area contributed by atoms with Crippen LogP contribution in [0.4, 0.5) is 0 Å². The molecule has 0 aromatic heterocycles. The third-order valence-electron chi connectivity index (χ3n) is 2.93. The Bertz CT molecular complexity index is 438. The molecule has 1 aliphatic rings. The van der Waals surface area contributed by atoms with Gasteiger partial charge in [-0.3, -0.25) is 9.59 Å². The van der Waals surface area contributed by atoms with Gasteiger partial charge in [0.1, 0.15) is 0 Å². The number of benzene rings is 1. The fourth-order valence-corrected chi connectivity index (χ4v) is 2.04. The van der Waals surface area contributed by atoms with Crippen LogP contribution in [-0.2, 0) is 9.53 Å². The number of Topliss-reactive ketones (excluding diaryl/α,β-unsaturated/α-hetero) is 1. The van der Waals surface area contributed by atoms with Crippen molar-refractivity contribution in [2.75, 3.05) is 6.61 Å². The molecular formula is C13H13BrO3. The topological polar surface area (TPSA) is 43.4 Å². The van der Waals surface area contributed by atoms with Gasteiger partial charge in [0.15, 0.2) is 12.4 Å². The predicted molar refractivity (Wildman–Crippen MR) is 66.8 cm³/mol. The van der Waals surface area contributed by atoms with Gasteiger partial charge in [0.25, 0.3) is 0 Å². The van der Waals surface area contributed by atoms with Gasteiger partial charge in [-0.25, -0.2) is 0 Å². The minimum atomic E-state index is -0.236. The van der Waals surface area contributed by atoms with Gasteiger partial charge in [-0.05, 0) is 25.0 Å². The van der Waals surface area contributed by atoms with Crippen molar-refractivity contribution >= 4 is 27.7 Å². The number of halogens is 1. The lowest BCUT2D eigenvalue weighted by atomic mass is 9.86. The zero-order valence-electron chi connectivity index (χ0n) is 9.32. The van der Waals surface area contributed by atoms with E-state index in [1.807, 2.05) is 6.07 Å². The van der Waals surface area contributed by atoms with Gasteiger partial charge < -0.3 is 4.74 Å². The third-order valence-corrected chi connectivity index (χ3v) is 3.42. The van der Waals surface area contributed by atoms with Gasteiger partial charge in [-0.2, -0.15) is 0 Å². The summed E-state index contributed by atoms with van der Waals surface area (Å²) in [6.45, 7) is -0.161. The molecule has 1 saturated carbocycles. The molecule has 0 amide bonds. The fourth-order valence-electron chi connectivity index (χ4n) is 1.64. The molecule has 2 rings (SSSR count). The van der Waals surface area contributed by atoms with Crippen LogP contribution in [0, 0.1) is 5.92 Å². The van der Waals surface area contributed by atoms with Gasteiger partial charge >= 0.3 is 5.97 Å². The van der Waals surface area contributed by atoms with Crippen molar-refractivity contribution < 1.29 is 14.3 Å². The summed E-state index contributed by atoms with van der Waals surface area (Å²) in [6, 6.07) is 7.06. The molecule has 0 heterocycles. The lowest BCUT2D eigenvalue weighted by molar-refractivity contribution is -0.150. The summed E-state index contributed by atoms with van der Waals surface area (Å²) < 4.78 is 5.84. The summed E-state index contributed by atoms with van der Waals surface area (Å²) in [5.41, 5.74) is 0.556. The van der Waals surface area contributed by atoms with Crippen molar-refractivity contribution in [3.63, 3.8) is 0 Å². The molecule has 1 aliphatic carbocycles. The van der Waals surface area contributed by atoms with Crippen LogP contribution in [0.15, 0.2) is 28.7 Å². The molecule has 1 aromatic carbocycles. The molecule has 0 spiro atoms. The second kappa shape index (κ2) is 5.45. The number of rotatable bonds is 4. The number of carbonyl (C=O) groups excluding carboxylic acids is 2. The van der Waals surface area contributed by atoms with E-state index in [0.29, 0.717) is 5.56 Å². The van der Waals surface area contributed by atoms with E-state index in [4.69, 9.17) is 4.74 Å². The van der Waals surface area contributed by atoms with Crippen LogP contribution < -0.4 is 0 Å². The van der Waals surface area contributed by atoms with Crippen molar-refractivity contribution in [1.82, 2.24) is 0 Å². The lowest BCUT2D eigenvalue weighted by Gasteiger charge is -2.22. The van der Waals surface area contributed by atoms with Gasteiger partial charge in [0.2, 0.25) is 0 Å². The Morgan fingerprint density at radius 3 is 2.71 bits per heavy atom. The van der Waals surface area contributed by atoms with Crippen molar-refractivity contribution in [3.8, 4) is 0 Å². The number of hydrogen-bond acceptors (Lipinski definition) is 3. The second-order valence-corrected chi connectivity index (χ2v) is 5.08. The quantitative estimate of drug-likeness (QED) is 0.634. The molecule has 17 heavy (non-hydrogen) atoms. The standard InChI is InChI=1S/C13H13BrO3/c14-11-6-2-5-10(7-11)12(15)8-17-13(16)9-3-1-4-9/h2,5-7,9H,1,3-4,8H2. The highest BCUT2D eigenvalue weighted by molar-refractivity contribution is 9.10.